The minimum absolute atomic E-state index is 0.696. The zero-order valence-electron chi connectivity index (χ0n) is 11.7. The summed E-state index contributed by atoms with van der Waals surface area (Å²) in [6, 6.07) is 4.93. The van der Waals surface area contributed by atoms with Crippen LogP contribution in [0, 0.1) is 0 Å². The molecule has 1 aliphatic heterocycles. The van der Waals surface area contributed by atoms with Crippen LogP contribution in [0.5, 0.6) is 0 Å². The molecule has 100 valence electrons. The molecule has 1 atom stereocenters. The van der Waals surface area contributed by atoms with Gasteiger partial charge in [0.2, 0.25) is 0 Å². The first-order valence-electron chi connectivity index (χ1n) is 7.23. The minimum atomic E-state index is 0.696. The summed E-state index contributed by atoms with van der Waals surface area (Å²) in [6.07, 6.45) is 7.30. The van der Waals surface area contributed by atoms with Gasteiger partial charge in [0, 0.05) is 30.9 Å². The van der Waals surface area contributed by atoms with Gasteiger partial charge in [0.15, 0.2) is 0 Å². The SMILES string of the molecule is CCNc1ncccc1CN1CCCCCC1C. The molecule has 1 N–H and O–H groups in total. The lowest BCUT2D eigenvalue weighted by Gasteiger charge is -2.27. The van der Waals surface area contributed by atoms with Gasteiger partial charge in [-0.05, 0) is 39.3 Å². The molecule has 3 heteroatoms. The van der Waals surface area contributed by atoms with Crippen molar-refractivity contribution in [3.8, 4) is 0 Å². The maximum Gasteiger partial charge on any atom is 0.130 e. The summed E-state index contributed by atoms with van der Waals surface area (Å²) in [7, 11) is 0. The molecular formula is C15H25N3. The van der Waals surface area contributed by atoms with E-state index in [4.69, 9.17) is 0 Å². The zero-order chi connectivity index (χ0) is 12.8. The number of anilines is 1. The number of hydrogen-bond acceptors (Lipinski definition) is 3. The minimum Gasteiger partial charge on any atom is -0.370 e. The molecule has 2 rings (SSSR count). The Morgan fingerprint density at radius 1 is 1.39 bits per heavy atom. The molecule has 0 spiro atoms. The molecule has 0 amide bonds. The summed E-state index contributed by atoms with van der Waals surface area (Å²) in [5, 5.41) is 3.36. The molecule has 1 fully saturated rings. The third-order valence-electron chi connectivity index (χ3n) is 3.80. The van der Waals surface area contributed by atoms with E-state index in [2.05, 4.69) is 35.1 Å². The fourth-order valence-corrected chi connectivity index (χ4v) is 2.68. The van der Waals surface area contributed by atoms with E-state index in [1.807, 2.05) is 12.3 Å². The lowest BCUT2D eigenvalue weighted by atomic mass is 10.1. The molecule has 0 saturated carbocycles. The number of likely N-dealkylation sites (tertiary alicyclic amines) is 1. The predicted octanol–water partition coefficient (Wildman–Crippen LogP) is 3.28. The van der Waals surface area contributed by atoms with E-state index >= 15 is 0 Å². The largest absolute Gasteiger partial charge is 0.370 e. The summed E-state index contributed by atoms with van der Waals surface area (Å²) in [5.41, 5.74) is 1.33. The van der Waals surface area contributed by atoms with Crippen LogP contribution in [0.1, 0.15) is 45.1 Å². The molecule has 0 aliphatic carbocycles. The molecule has 0 radical (unpaired) electrons. The van der Waals surface area contributed by atoms with Gasteiger partial charge in [-0.1, -0.05) is 18.9 Å². The van der Waals surface area contributed by atoms with Crippen molar-refractivity contribution in [2.24, 2.45) is 0 Å². The van der Waals surface area contributed by atoms with Crippen molar-refractivity contribution < 1.29 is 0 Å². The maximum absolute atomic E-state index is 4.44. The summed E-state index contributed by atoms with van der Waals surface area (Å²) in [5.74, 6) is 1.05. The molecule has 0 bridgehead atoms. The topological polar surface area (TPSA) is 28.2 Å². The first-order valence-corrected chi connectivity index (χ1v) is 7.23. The van der Waals surface area contributed by atoms with Gasteiger partial charge in [0.1, 0.15) is 5.82 Å². The van der Waals surface area contributed by atoms with E-state index in [9.17, 15) is 0 Å². The van der Waals surface area contributed by atoms with Crippen LogP contribution in [-0.2, 0) is 6.54 Å². The normalized spacial score (nSPS) is 21.6. The number of nitrogens with one attached hydrogen (secondary N) is 1. The molecule has 1 aromatic heterocycles. The van der Waals surface area contributed by atoms with Crippen LogP contribution in [0.25, 0.3) is 0 Å². The van der Waals surface area contributed by atoms with Crippen LogP contribution in [-0.4, -0.2) is 29.0 Å². The first kappa shape index (κ1) is 13.3. The van der Waals surface area contributed by atoms with Gasteiger partial charge in [-0.15, -0.1) is 0 Å². The lowest BCUT2D eigenvalue weighted by Crippen LogP contribution is -2.32. The van der Waals surface area contributed by atoms with Gasteiger partial charge in [0.25, 0.3) is 0 Å². The van der Waals surface area contributed by atoms with Crippen LogP contribution in [0.4, 0.5) is 5.82 Å². The van der Waals surface area contributed by atoms with E-state index in [1.165, 1.54) is 37.8 Å². The zero-order valence-corrected chi connectivity index (χ0v) is 11.7. The van der Waals surface area contributed by atoms with Crippen molar-refractivity contribution in [1.82, 2.24) is 9.88 Å². The van der Waals surface area contributed by atoms with E-state index in [-0.39, 0.29) is 0 Å². The predicted molar refractivity (Wildman–Crippen MR) is 76.7 cm³/mol. The van der Waals surface area contributed by atoms with E-state index in [0.29, 0.717) is 6.04 Å². The van der Waals surface area contributed by atoms with Crippen molar-refractivity contribution in [3.63, 3.8) is 0 Å². The Bertz CT molecular complexity index is 365. The highest BCUT2D eigenvalue weighted by Crippen LogP contribution is 2.21. The number of aromatic nitrogens is 1. The van der Waals surface area contributed by atoms with Crippen LogP contribution >= 0.6 is 0 Å². The van der Waals surface area contributed by atoms with Gasteiger partial charge in [-0.25, -0.2) is 4.98 Å². The molecule has 1 aliphatic rings. The highest BCUT2D eigenvalue weighted by Gasteiger charge is 2.18. The monoisotopic (exact) mass is 247 g/mol. The quantitative estimate of drug-likeness (QED) is 0.885. The van der Waals surface area contributed by atoms with Crippen LogP contribution in [0.3, 0.4) is 0 Å². The van der Waals surface area contributed by atoms with Crippen molar-refractivity contribution >= 4 is 5.82 Å². The van der Waals surface area contributed by atoms with E-state index in [1.54, 1.807) is 0 Å². The van der Waals surface area contributed by atoms with Crippen molar-refractivity contribution in [2.45, 2.75) is 52.1 Å². The number of rotatable bonds is 4. The average molecular weight is 247 g/mol. The van der Waals surface area contributed by atoms with Crippen LogP contribution in [0.2, 0.25) is 0 Å². The standard InChI is InChI=1S/C15H25N3/c1-3-16-15-14(9-7-10-17-15)12-18-11-6-4-5-8-13(18)2/h7,9-10,13H,3-6,8,11-12H2,1-2H3,(H,16,17). The van der Waals surface area contributed by atoms with Crippen molar-refractivity contribution in [3.05, 3.63) is 23.9 Å². The molecule has 18 heavy (non-hydrogen) atoms. The number of nitrogens with zero attached hydrogens (tertiary/aromatic N) is 2. The van der Waals surface area contributed by atoms with Crippen LogP contribution < -0.4 is 5.32 Å². The molecule has 2 heterocycles. The Labute approximate surface area is 111 Å². The second kappa shape index (κ2) is 6.74. The third kappa shape index (κ3) is 3.45. The molecule has 1 saturated heterocycles. The summed E-state index contributed by atoms with van der Waals surface area (Å²) >= 11 is 0. The molecule has 0 aromatic carbocycles. The smallest absolute Gasteiger partial charge is 0.130 e. The molecular weight excluding hydrogens is 222 g/mol. The van der Waals surface area contributed by atoms with Crippen molar-refractivity contribution in [1.29, 1.82) is 0 Å². The van der Waals surface area contributed by atoms with E-state index < -0.39 is 0 Å². The molecule has 3 nitrogen and oxygen atoms in total. The Morgan fingerprint density at radius 3 is 3.11 bits per heavy atom. The Morgan fingerprint density at radius 2 is 2.28 bits per heavy atom. The van der Waals surface area contributed by atoms with Gasteiger partial charge in [0.05, 0.1) is 0 Å². The van der Waals surface area contributed by atoms with Crippen LogP contribution in [0.15, 0.2) is 18.3 Å². The van der Waals surface area contributed by atoms with Gasteiger partial charge < -0.3 is 5.32 Å². The van der Waals surface area contributed by atoms with Crippen molar-refractivity contribution in [2.75, 3.05) is 18.4 Å². The third-order valence-corrected chi connectivity index (χ3v) is 3.80. The Hall–Kier alpha value is -1.09. The summed E-state index contributed by atoms with van der Waals surface area (Å²) < 4.78 is 0. The fraction of sp³-hybridized carbons (Fsp3) is 0.667. The highest BCUT2D eigenvalue weighted by molar-refractivity contribution is 5.43. The number of hydrogen-bond donors (Lipinski definition) is 1. The summed E-state index contributed by atoms with van der Waals surface area (Å²) in [6.45, 7) is 7.65. The average Bonchev–Trinajstić information content (AvgIpc) is 2.58. The molecule has 1 aromatic rings. The Kier molecular flexibility index (Phi) is 5.00. The second-order valence-electron chi connectivity index (χ2n) is 5.21. The van der Waals surface area contributed by atoms with Gasteiger partial charge in [-0.3, -0.25) is 4.90 Å². The lowest BCUT2D eigenvalue weighted by molar-refractivity contribution is 0.205. The number of pyridine rings is 1. The Balaban J connectivity index is 2.07. The second-order valence-corrected chi connectivity index (χ2v) is 5.21. The van der Waals surface area contributed by atoms with E-state index in [0.717, 1.165) is 18.9 Å². The summed E-state index contributed by atoms with van der Waals surface area (Å²) in [4.78, 5) is 7.05. The maximum atomic E-state index is 4.44. The van der Waals surface area contributed by atoms with Gasteiger partial charge in [-0.2, -0.15) is 0 Å². The van der Waals surface area contributed by atoms with Gasteiger partial charge >= 0.3 is 0 Å². The first-order chi connectivity index (χ1) is 8.81. The highest BCUT2D eigenvalue weighted by atomic mass is 15.2. The molecule has 1 unspecified atom stereocenters. The fourth-order valence-electron chi connectivity index (χ4n) is 2.68.